The minimum Gasteiger partial charge on any atom is -0.343 e. The number of hydrogen-bond donors (Lipinski definition) is 3. The number of aromatic amines is 1. The number of aromatic nitrogens is 2. The Labute approximate surface area is 173 Å². The van der Waals surface area contributed by atoms with Gasteiger partial charge in [-0.1, -0.05) is 36.4 Å². The van der Waals surface area contributed by atoms with E-state index in [1.54, 1.807) is 24.8 Å². The first kappa shape index (κ1) is 19.6. The summed E-state index contributed by atoms with van der Waals surface area (Å²) >= 11 is 0. The van der Waals surface area contributed by atoms with Gasteiger partial charge in [0.15, 0.2) is 5.69 Å². The third kappa shape index (κ3) is 3.63. The van der Waals surface area contributed by atoms with Crippen LogP contribution in [0.1, 0.15) is 29.9 Å². The molecule has 2 aromatic carbocycles. The monoisotopic (exact) mass is 405 g/mol. The molecular weight excluding hydrogens is 382 g/mol. The zero-order chi connectivity index (χ0) is 21.3. The van der Waals surface area contributed by atoms with Crippen LogP contribution in [0.25, 0.3) is 10.9 Å². The minimum atomic E-state index is -0.825. The SMILES string of the molecule is CC(NC(=O)c1n[nH]c2ccccc12)C(=O)NC(C)C(=O)N1CCc2ccccc21. The molecule has 8 heteroatoms. The van der Waals surface area contributed by atoms with Gasteiger partial charge in [0.05, 0.1) is 5.52 Å². The van der Waals surface area contributed by atoms with Crippen LogP contribution in [0.4, 0.5) is 5.69 Å². The molecule has 1 aromatic heterocycles. The Bertz CT molecular complexity index is 1120. The Kier molecular flexibility index (Phi) is 5.22. The number of carbonyl (C=O) groups excluding carboxylic acids is 3. The maximum Gasteiger partial charge on any atom is 0.273 e. The van der Waals surface area contributed by atoms with Gasteiger partial charge >= 0.3 is 0 Å². The molecule has 4 rings (SSSR count). The number of amides is 3. The number of para-hydroxylation sites is 2. The third-order valence-electron chi connectivity index (χ3n) is 5.31. The molecule has 30 heavy (non-hydrogen) atoms. The van der Waals surface area contributed by atoms with Gasteiger partial charge in [0, 0.05) is 17.6 Å². The van der Waals surface area contributed by atoms with E-state index in [9.17, 15) is 14.4 Å². The Morgan fingerprint density at radius 1 is 1.00 bits per heavy atom. The van der Waals surface area contributed by atoms with Crippen molar-refractivity contribution < 1.29 is 14.4 Å². The number of rotatable bonds is 5. The van der Waals surface area contributed by atoms with E-state index >= 15 is 0 Å². The minimum absolute atomic E-state index is 0.176. The molecule has 3 N–H and O–H groups in total. The zero-order valence-corrected chi connectivity index (χ0v) is 16.8. The van der Waals surface area contributed by atoms with Crippen molar-refractivity contribution in [2.75, 3.05) is 11.4 Å². The smallest absolute Gasteiger partial charge is 0.273 e. The van der Waals surface area contributed by atoms with E-state index in [4.69, 9.17) is 0 Å². The summed E-state index contributed by atoms with van der Waals surface area (Å²) in [6.07, 6.45) is 0.798. The number of benzene rings is 2. The number of hydrogen-bond acceptors (Lipinski definition) is 4. The largest absolute Gasteiger partial charge is 0.343 e. The van der Waals surface area contributed by atoms with Crippen molar-refractivity contribution >= 4 is 34.3 Å². The van der Waals surface area contributed by atoms with Crippen molar-refractivity contribution in [2.24, 2.45) is 0 Å². The fourth-order valence-electron chi connectivity index (χ4n) is 3.67. The maximum atomic E-state index is 12.8. The van der Waals surface area contributed by atoms with Gasteiger partial charge in [0.2, 0.25) is 11.8 Å². The fraction of sp³-hybridized carbons (Fsp3) is 0.273. The fourth-order valence-corrected chi connectivity index (χ4v) is 3.67. The van der Waals surface area contributed by atoms with E-state index in [0.717, 1.165) is 23.2 Å². The summed E-state index contributed by atoms with van der Waals surface area (Å²) in [5.74, 6) is -1.07. The number of fused-ring (bicyclic) bond motifs is 2. The standard InChI is InChI=1S/C22H23N5O3/c1-13(23-21(29)19-16-8-4-5-9-17(16)25-26-19)20(28)24-14(2)22(30)27-12-11-15-7-3-6-10-18(15)27/h3-10,13-14H,11-12H2,1-2H3,(H,23,29)(H,24,28)(H,25,26). The molecule has 2 unspecified atom stereocenters. The summed E-state index contributed by atoms with van der Waals surface area (Å²) in [6.45, 7) is 3.82. The average Bonchev–Trinajstić information content (AvgIpc) is 3.37. The molecule has 0 aliphatic carbocycles. The lowest BCUT2D eigenvalue weighted by molar-refractivity contribution is -0.128. The van der Waals surface area contributed by atoms with Crippen LogP contribution < -0.4 is 15.5 Å². The Balaban J connectivity index is 1.37. The van der Waals surface area contributed by atoms with E-state index in [2.05, 4.69) is 20.8 Å². The van der Waals surface area contributed by atoms with Crippen molar-refractivity contribution in [2.45, 2.75) is 32.4 Å². The lowest BCUT2D eigenvalue weighted by atomic mass is 10.1. The van der Waals surface area contributed by atoms with Gasteiger partial charge in [-0.2, -0.15) is 5.10 Å². The maximum absolute atomic E-state index is 12.8. The summed E-state index contributed by atoms with van der Waals surface area (Å²) in [5, 5.41) is 12.9. The first-order valence-electron chi connectivity index (χ1n) is 9.89. The van der Waals surface area contributed by atoms with Crippen molar-refractivity contribution in [1.29, 1.82) is 0 Å². The molecule has 0 radical (unpaired) electrons. The summed E-state index contributed by atoms with van der Waals surface area (Å²) < 4.78 is 0. The molecule has 1 aliphatic heterocycles. The first-order valence-corrected chi connectivity index (χ1v) is 9.89. The Hall–Kier alpha value is -3.68. The third-order valence-corrected chi connectivity index (χ3v) is 5.31. The van der Waals surface area contributed by atoms with Crippen molar-refractivity contribution in [3.8, 4) is 0 Å². The van der Waals surface area contributed by atoms with Gasteiger partial charge in [0.1, 0.15) is 12.1 Å². The van der Waals surface area contributed by atoms with Crippen LogP contribution in [0.3, 0.4) is 0 Å². The highest BCUT2D eigenvalue weighted by atomic mass is 16.2. The number of nitrogens with zero attached hydrogens (tertiary/aromatic N) is 2. The Morgan fingerprint density at radius 2 is 1.73 bits per heavy atom. The lowest BCUT2D eigenvalue weighted by Crippen LogP contribution is -2.52. The van der Waals surface area contributed by atoms with E-state index < -0.39 is 23.9 Å². The van der Waals surface area contributed by atoms with E-state index in [1.807, 2.05) is 42.5 Å². The van der Waals surface area contributed by atoms with Gasteiger partial charge in [-0.25, -0.2) is 0 Å². The highest BCUT2D eigenvalue weighted by molar-refractivity contribution is 6.06. The van der Waals surface area contributed by atoms with Gasteiger partial charge < -0.3 is 15.5 Å². The lowest BCUT2D eigenvalue weighted by Gasteiger charge is -2.23. The Morgan fingerprint density at radius 3 is 2.57 bits per heavy atom. The average molecular weight is 405 g/mol. The molecule has 0 saturated carbocycles. The quantitative estimate of drug-likeness (QED) is 0.601. The van der Waals surface area contributed by atoms with Crippen LogP contribution in [0, 0.1) is 0 Å². The molecule has 2 heterocycles. The second kappa shape index (κ2) is 7.98. The first-order chi connectivity index (χ1) is 14.5. The molecule has 0 spiro atoms. The van der Waals surface area contributed by atoms with E-state index in [0.29, 0.717) is 11.9 Å². The van der Waals surface area contributed by atoms with Crippen LogP contribution in [0.15, 0.2) is 48.5 Å². The molecule has 154 valence electrons. The molecule has 0 fully saturated rings. The van der Waals surface area contributed by atoms with E-state index in [-0.39, 0.29) is 11.6 Å². The molecule has 2 atom stereocenters. The zero-order valence-electron chi connectivity index (χ0n) is 16.8. The van der Waals surface area contributed by atoms with Crippen LogP contribution in [0.5, 0.6) is 0 Å². The summed E-state index contributed by atoms with van der Waals surface area (Å²) in [4.78, 5) is 39.6. The predicted octanol–water partition coefficient (Wildman–Crippen LogP) is 1.78. The molecule has 1 aliphatic rings. The summed E-state index contributed by atoms with van der Waals surface area (Å²) in [7, 11) is 0. The van der Waals surface area contributed by atoms with Crippen LogP contribution >= 0.6 is 0 Å². The summed E-state index contributed by atoms with van der Waals surface area (Å²) in [6, 6.07) is 13.5. The predicted molar refractivity (Wildman–Crippen MR) is 113 cm³/mol. The van der Waals surface area contributed by atoms with Gasteiger partial charge in [0.25, 0.3) is 5.91 Å². The van der Waals surface area contributed by atoms with Crippen LogP contribution in [0.2, 0.25) is 0 Å². The van der Waals surface area contributed by atoms with Crippen molar-refractivity contribution in [3.05, 3.63) is 59.8 Å². The summed E-state index contributed by atoms with van der Waals surface area (Å²) in [5.41, 5.74) is 2.97. The van der Waals surface area contributed by atoms with Crippen LogP contribution in [-0.2, 0) is 16.0 Å². The molecule has 3 amide bonds. The van der Waals surface area contributed by atoms with E-state index in [1.165, 1.54) is 0 Å². The number of nitrogens with one attached hydrogen (secondary N) is 3. The normalized spacial score (nSPS) is 14.8. The number of anilines is 1. The molecule has 3 aromatic rings. The molecule has 0 bridgehead atoms. The van der Waals surface area contributed by atoms with Gasteiger partial charge in [-0.3, -0.25) is 19.5 Å². The second-order valence-electron chi connectivity index (χ2n) is 7.41. The second-order valence-corrected chi connectivity index (χ2v) is 7.41. The highest BCUT2D eigenvalue weighted by Crippen LogP contribution is 2.27. The molecule has 0 saturated heterocycles. The van der Waals surface area contributed by atoms with Gasteiger partial charge in [-0.05, 0) is 38.0 Å². The number of carbonyl (C=O) groups is 3. The topological polar surface area (TPSA) is 107 Å². The number of H-pyrrole nitrogens is 1. The van der Waals surface area contributed by atoms with Crippen LogP contribution in [-0.4, -0.2) is 46.5 Å². The van der Waals surface area contributed by atoms with Gasteiger partial charge in [-0.15, -0.1) is 0 Å². The molecule has 8 nitrogen and oxygen atoms in total. The van der Waals surface area contributed by atoms with Crippen molar-refractivity contribution in [1.82, 2.24) is 20.8 Å². The molecular formula is C22H23N5O3. The van der Waals surface area contributed by atoms with Crippen molar-refractivity contribution in [3.63, 3.8) is 0 Å². The highest BCUT2D eigenvalue weighted by Gasteiger charge is 2.29.